The van der Waals surface area contributed by atoms with Crippen LogP contribution in [0.25, 0.3) is 0 Å². The van der Waals surface area contributed by atoms with Crippen molar-refractivity contribution in [3.05, 3.63) is 67.8 Å². The molecule has 6 nitrogen and oxygen atoms in total. The number of alkyl halides is 3. The van der Waals surface area contributed by atoms with Crippen molar-refractivity contribution in [1.82, 2.24) is 5.32 Å². The second-order valence-electron chi connectivity index (χ2n) is 4.91. The van der Waals surface area contributed by atoms with E-state index < -0.39 is 20.8 Å². The van der Waals surface area contributed by atoms with Crippen LogP contribution in [0.4, 0.5) is 11.4 Å². The Labute approximate surface area is 172 Å². The second-order valence-corrected chi connectivity index (χ2v) is 8.52. The summed E-state index contributed by atoms with van der Waals surface area (Å²) in [6.45, 7) is 0. The predicted octanol–water partition coefficient (Wildman–Crippen LogP) is 4.74. The molecule has 0 saturated heterocycles. The van der Waals surface area contributed by atoms with Crippen LogP contribution in [0.15, 0.2) is 48.5 Å². The molecule has 0 heterocycles. The van der Waals surface area contributed by atoms with Crippen molar-refractivity contribution in [3.63, 3.8) is 0 Å². The molecule has 1 atom stereocenters. The van der Waals surface area contributed by atoms with Gasteiger partial charge in [0.15, 0.2) is 0 Å². The molecule has 2 aromatic carbocycles. The van der Waals surface area contributed by atoms with Gasteiger partial charge in [-0.1, -0.05) is 40.9 Å². The summed E-state index contributed by atoms with van der Waals surface area (Å²) in [4.78, 5) is 22.5. The number of carbonyl (C=O) groups excluding carboxylic acids is 1. The van der Waals surface area contributed by atoms with Gasteiger partial charge in [0.2, 0.25) is 3.79 Å². The smallest absolute Gasteiger partial charge is 0.269 e. The largest absolute Gasteiger partial charge is 0.362 e. The fourth-order valence-electron chi connectivity index (χ4n) is 1.89. The van der Waals surface area contributed by atoms with E-state index in [1.165, 1.54) is 24.3 Å². The monoisotopic (exact) mass is 513 g/mol. The highest BCUT2D eigenvalue weighted by Gasteiger charge is 2.34. The molecular weight excluding hydrogens is 503 g/mol. The van der Waals surface area contributed by atoms with E-state index in [1.807, 2.05) is 6.07 Å². The van der Waals surface area contributed by atoms with Crippen LogP contribution in [0.1, 0.15) is 10.4 Å². The van der Waals surface area contributed by atoms with Gasteiger partial charge >= 0.3 is 0 Å². The molecular formula is C15H11Cl3IN3O3. The number of anilines is 1. The standard InChI is InChI=1S/C15H11Cl3IN3O3/c16-15(17,18)14(20-11-4-6-12(7-5-11)22(24)25)21-13(23)9-2-1-3-10(19)8-9/h1-8,14,20H,(H,21,23). The van der Waals surface area contributed by atoms with E-state index in [1.54, 1.807) is 18.2 Å². The van der Waals surface area contributed by atoms with Crippen molar-refractivity contribution in [2.75, 3.05) is 5.32 Å². The molecule has 2 rings (SSSR count). The number of nitro groups is 1. The van der Waals surface area contributed by atoms with Gasteiger partial charge in [0.1, 0.15) is 6.17 Å². The molecule has 0 spiro atoms. The zero-order valence-electron chi connectivity index (χ0n) is 12.4. The zero-order valence-corrected chi connectivity index (χ0v) is 16.8. The number of nitrogens with one attached hydrogen (secondary N) is 2. The molecule has 0 bridgehead atoms. The molecule has 0 radical (unpaired) electrons. The quantitative estimate of drug-likeness (QED) is 0.199. The van der Waals surface area contributed by atoms with Gasteiger partial charge in [-0.15, -0.1) is 0 Å². The molecule has 10 heteroatoms. The van der Waals surface area contributed by atoms with E-state index in [2.05, 4.69) is 33.2 Å². The minimum absolute atomic E-state index is 0.0705. The highest BCUT2D eigenvalue weighted by molar-refractivity contribution is 14.1. The summed E-state index contributed by atoms with van der Waals surface area (Å²) in [7, 11) is 0. The third-order valence-corrected chi connectivity index (χ3v) is 4.40. The molecule has 0 aliphatic carbocycles. The SMILES string of the molecule is O=C(NC(Nc1ccc([N+](=O)[O-])cc1)C(Cl)(Cl)Cl)c1cccc(I)c1. The highest BCUT2D eigenvalue weighted by Crippen LogP contribution is 2.31. The van der Waals surface area contributed by atoms with Crippen molar-refractivity contribution in [3.8, 4) is 0 Å². The number of hydrogen-bond acceptors (Lipinski definition) is 4. The Hall–Kier alpha value is -1.29. The van der Waals surface area contributed by atoms with Gasteiger partial charge in [-0.2, -0.15) is 0 Å². The molecule has 0 aromatic heterocycles. The molecule has 1 amide bonds. The van der Waals surface area contributed by atoms with Crippen molar-refractivity contribution >= 4 is 74.7 Å². The Morgan fingerprint density at radius 3 is 2.32 bits per heavy atom. The maximum absolute atomic E-state index is 12.4. The first kappa shape index (κ1) is 20.0. The molecule has 0 aliphatic rings. The summed E-state index contributed by atoms with van der Waals surface area (Å²) in [5, 5.41) is 16.1. The third-order valence-electron chi connectivity index (χ3n) is 3.08. The summed E-state index contributed by atoms with van der Waals surface area (Å²) in [5.41, 5.74) is 0.792. The first-order chi connectivity index (χ1) is 11.7. The van der Waals surface area contributed by atoms with Gasteiger partial charge in [0.05, 0.1) is 4.92 Å². The number of nitro benzene ring substituents is 1. The van der Waals surface area contributed by atoms with Gasteiger partial charge in [0, 0.05) is 27.0 Å². The average Bonchev–Trinajstić information content (AvgIpc) is 2.53. The van der Waals surface area contributed by atoms with Crippen LogP contribution in [-0.2, 0) is 0 Å². The molecule has 0 saturated carbocycles. The number of carbonyl (C=O) groups is 1. The first-order valence-corrected chi connectivity index (χ1v) is 9.02. The van der Waals surface area contributed by atoms with Crippen LogP contribution in [0, 0.1) is 13.7 Å². The molecule has 0 fully saturated rings. The Balaban J connectivity index is 2.16. The van der Waals surface area contributed by atoms with E-state index in [0.717, 1.165) is 3.57 Å². The third kappa shape index (κ3) is 5.88. The van der Waals surface area contributed by atoms with Gasteiger partial charge in [-0.25, -0.2) is 0 Å². The Bertz CT molecular complexity index is 782. The summed E-state index contributed by atoms with van der Waals surface area (Å²) in [6, 6.07) is 12.4. The van der Waals surface area contributed by atoms with Gasteiger partial charge in [-0.3, -0.25) is 14.9 Å². The maximum Gasteiger partial charge on any atom is 0.269 e. The Morgan fingerprint density at radius 2 is 1.80 bits per heavy atom. The minimum Gasteiger partial charge on any atom is -0.362 e. The maximum atomic E-state index is 12.4. The summed E-state index contributed by atoms with van der Waals surface area (Å²) in [6.07, 6.45) is -1.05. The fourth-order valence-corrected chi connectivity index (χ4v) is 2.76. The number of non-ortho nitro benzene ring substituents is 1. The van der Waals surface area contributed by atoms with Crippen molar-refractivity contribution < 1.29 is 9.72 Å². The summed E-state index contributed by atoms with van der Waals surface area (Å²) in [5.74, 6) is -0.427. The second kappa shape index (κ2) is 8.39. The van der Waals surface area contributed by atoms with Gasteiger partial charge in [-0.05, 0) is 52.9 Å². The van der Waals surface area contributed by atoms with Gasteiger partial charge in [0.25, 0.3) is 11.6 Å². The van der Waals surface area contributed by atoms with Crippen molar-refractivity contribution in [1.29, 1.82) is 0 Å². The van der Waals surface area contributed by atoms with E-state index in [9.17, 15) is 14.9 Å². The molecule has 25 heavy (non-hydrogen) atoms. The Morgan fingerprint density at radius 1 is 1.16 bits per heavy atom. The highest BCUT2D eigenvalue weighted by atomic mass is 127. The van der Waals surface area contributed by atoms with Crippen LogP contribution >= 0.6 is 57.4 Å². The number of nitrogens with zero attached hydrogens (tertiary/aromatic N) is 1. The van der Waals surface area contributed by atoms with E-state index in [-0.39, 0.29) is 5.69 Å². The fraction of sp³-hybridized carbons (Fsp3) is 0.133. The lowest BCUT2D eigenvalue weighted by atomic mass is 10.2. The molecule has 0 aliphatic heterocycles. The minimum atomic E-state index is -1.85. The predicted molar refractivity (Wildman–Crippen MR) is 107 cm³/mol. The lowest BCUT2D eigenvalue weighted by Crippen LogP contribution is -2.49. The molecule has 2 aromatic rings. The van der Waals surface area contributed by atoms with Crippen LogP contribution in [0.3, 0.4) is 0 Å². The summed E-state index contributed by atoms with van der Waals surface area (Å²) >= 11 is 19.9. The number of halogens is 4. The van der Waals surface area contributed by atoms with E-state index in [0.29, 0.717) is 11.3 Å². The van der Waals surface area contributed by atoms with Crippen LogP contribution in [-0.4, -0.2) is 20.8 Å². The normalized spacial score (nSPS) is 12.3. The number of hydrogen-bond donors (Lipinski definition) is 2. The first-order valence-electron chi connectivity index (χ1n) is 6.81. The lowest BCUT2D eigenvalue weighted by Gasteiger charge is -2.27. The van der Waals surface area contributed by atoms with Gasteiger partial charge < -0.3 is 10.6 Å². The Kier molecular flexibility index (Phi) is 6.72. The number of rotatable bonds is 5. The lowest BCUT2D eigenvalue weighted by molar-refractivity contribution is -0.384. The molecule has 2 N–H and O–H groups in total. The van der Waals surface area contributed by atoms with Crippen LogP contribution < -0.4 is 10.6 Å². The van der Waals surface area contributed by atoms with Crippen LogP contribution in [0.5, 0.6) is 0 Å². The van der Waals surface area contributed by atoms with Crippen molar-refractivity contribution in [2.24, 2.45) is 0 Å². The van der Waals surface area contributed by atoms with Crippen LogP contribution in [0.2, 0.25) is 0 Å². The average molecular weight is 515 g/mol. The van der Waals surface area contributed by atoms with E-state index >= 15 is 0 Å². The van der Waals surface area contributed by atoms with E-state index in [4.69, 9.17) is 34.8 Å². The number of amides is 1. The molecule has 132 valence electrons. The number of benzene rings is 2. The summed E-state index contributed by atoms with van der Waals surface area (Å²) < 4.78 is -0.960. The molecule has 1 unspecified atom stereocenters. The zero-order chi connectivity index (χ0) is 18.6. The van der Waals surface area contributed by atoms with Crippen molar-refractivity contribution in [2.45, 2.75) is 9.96 Å². The topological polar surface area (TPSA) is 84.3 Å².